The molecule has 3 aliphatic rings. The number of hydrogen-bond acceptors (Lipinski definition) is 4. The van der Waals surface area contributed by atoms with Crippen molar-refractivity contribution in [2.75, 3.05) is 5.32 Å². The minimum absolute atomic E-state index is 0.0663. The molecule has 1 N–H and O–H groups in total. The molecule has 1 aromatic carbocycles. The van der Waals surface area contributed by atoms with E-state index < -0.39 is 29.7 Å². The van der Waals surface area contributed by atoms with Gasteiger partial charge in [0, 0.05) is 30.1 Å². The van der Waals surface area contributed by atoms with E-state index in [-0.39, 0.29) is 24.6 Å². The van der Waals surface area contributed by atoms with Crippen LogP contribution in [0.15, 0.2) is 22.6 Å². The zero-order valence-electron chi connectivity index (χ0n) is 16.9. The summed E-state index contributed by atoms with van der Waals surface area (Å²) in [6.45, 7) is 1.58. The van der Waals surface area contributed by atoms with Gasteiger partial charge in [-0.05, 0) is 55.4 Å². The van der Waals surface area contributed by atoms with E-state index in [1.807, 2.05) is 6.07 Å². The smallest absolute Gasteiger partial charge is 0.392 e. The van der Waals surface area contributed by atoms with Gasteiger partial charge in [0.1, 0.15) is 5.54 Å². The number of anilines is 1. The number of urea groups is 1. The topological polar surface area (TPSA) is 71.3 Å². The molecule has 3 atom stereocenters. The van der Waals surface area contributed by atoms with Crippen LogP contribution in [-0.2, 0) is 5.54 Å². The molecular formula is C21H22ClF3N4O2. The number of fused-ring (bicyclic) bond motifs is 2. The van der Waals surface area contributed by atoms with E-state index in [4.69, 9.17) is 16.0 Å². The van der Waals surface area contributed by atoms with E-state index in [2.05, 4.69) is 15.5 Å². The summed E-state index contributed by atoms with van der Waals surface area (Å²) >= 11 is 6.33. The monoisotopic (exact) mass is 454 g/mol. The highest BCUT2D eigenvalue weighted by molar-refractivity contribution is 6.31. The average molecular weight is 455 g/mol. The molecule has 166 valence electrons. The molecule has 2 bridgehead atoms. The lowest BCUT2D eigenvalue weighted by atomic mass is 9.63. The molecule has 5 rings (SSSR count). The van der Waals surface area contributed by atoms with E-state index >= 15 is 0 Å². The minimum atomic E-state index is -4.34. The third-order valence-electron chi connectivity index (χ3n) is 6.94. The molecule has 0 unspecified atom stereocenters. The van der Waals surface area contributed by atoms with Crippen LogP contribution >= 0.6 is 11.6 Å². The summed E-state index contributed by atoms with van der Waals surface area (Å²) < 4.78 is 46.0. The molecule has 0 spiro atoms. The first-order valence-electron chi connectivity index (χ1n) is 10.4. The highest BCUT2D eigenvalue weighted by Gasteiger charge is 2.66. The predicted octanol–water partition coefficient (Wildman–Crippen LogP) is 5.77. The summed E-state index contributed by atoms with van der Waals surface area (Å²) in [5.74, 6) is -0.807. The summed E-state index contributed by atoms with van der Waals surface area (Å²) in [6, 6.07) is 4.32. The number of nitrogens with zero attached hydrogens (tertiary/aromatic N) is 3. The maximum atomic E-state index is 13.5. The summed E-state index contributed by atoms with van der Waals surface area (Å²) in [6.07, 6.45) is -1.10. The lowest BCUT2D eigenvalue weighted by Gasteiger charge is -2.61. The van der Waals surface area contributed by atoms with Gasteiger partial charge in [-0.2, -0.15) is 13.2 Å². The molecule has 10 heteroatoms. The van der Waals surface area contributed by atoms with Crippen LogP contribution in [0.5, 0.6) is 0 Å². The fourth-order valence-corrected chi connectivity index (χ4v) is 5.49. The van der Waals surface area contributed by atoms with Crippen molar-refractivity contribution in [1.29, 1.82) is 0 Å². The summed E-state index contributed by atoms with van der Waals surface area (Å²) in [5.41, 5.74) is 0.330. The number of benzene rings is 1. The van der Waals surface area contributed by atoms with Gasteiger partial charge in [0.05, 0.1) is 5.92 Å². The Morgan fingerprint density at radius 3 is 2.68 bits per heavy atom. The van der Waals surface area contributed by atoms with Gasteiger partial charge in [-0.25, -0.2) is 4.79 Å². The molecule has 31 heavy (non-hydrogen) atoms. The van der Waals surface area contributed by atoms with E-state index in [9.17, 15) is 18.0 Å². The predicted molar refractivity (Wildman–Crippen MR) is 107 cm³/mol. The lowest BCUT2D eigenvalue weighted by molar-refractivity contribution is -0.229. The van der Waals surface area contributed by atoms with E-state index in [1.54, 1.807) is 19.1 Å². The number of alkyl halides is 3. The van der Waals surface area contributed by atoms with Crippen molar-refractivity contribution in [3.05, 3.63) is 40.6 Å². The zero-order valence-corrected chi connectivity index (χ0v) is 17.6. The molecule has 1 aromatic heterocycles. The first kappa shape index (κ1) is 20.6. The van der Waals surface area contributed by atoms with Gasteiger partial charge < -0.3 is 14.6 Å². The third kappa shape index (κ3) is 3.37. The highest BCUT2D eigenvalue weighted by Crippen LogP contribution is 2.58. The molecule has 1 saturated heterocycles. The molecule has 2 saturated carbocycles. The van der Waals surface area contributed by atoms with Gasteiger partial charge in [-0.3, -0.25) is 0 Å². The summed E-state index contributed by atoms with van der Waals surface area (Å²) in [4.78, 5) is 14.7. The van der Waals surface area contributed by atoms with E-state index in [0.29, 0.717) is 23.0 Å². The third-order valence-corrected chi connectivity index (χ3v) is 7.28. The number of likely N-dealkylation sites (tertiary alicyclic amines) is 1. The molecular weight excluding hydrogens is 433 g/mol. The van der Waals surface area contributed by atoms with Gasteiger partial charge >= 0.3 is 12.2 Å². The van der Waals surface area contributed by atoms with Crippen molar-refractivity contribution >= 4 is 23.3 Å². The lowest BCUT2D eigenvalue weighted by Crippen LogP contribution is -2.71. The number of aryl methyl sites for hydroxylation is 1. The Hall–Kier alpha value is -2.29. The number of rotatable bonds is 3. The van der Waals surface area contributed by atoms with Crippen molar-refractivity contribution in [3.63, 3.8) is 0 Å². The molecule has 1 aliphatic heterocycles. The summed E-state index contributed by atoms with van der Waals surface area (Å²) in [7, 11) is 0. The zero-order chi connectivity index (χ0) is 22.0. The first-order chi connectivity index (χ1) is 14.7. The van der Waals surface area contributed by atoms with Crippen molar-refractivity contribution in [2.45, 2.75) is 69.1 Å². The first-order valence-corrected chi connectivity index (χ1v) is 10.8. The second-order valence-electron chi connectivity index (χ2n) is 8.86. The molecule has 2 amide bonds. The molecule has 2 heterocycles. The van der Waals surface area contributed by atoms with Gasteiger partial charge in [0.25, 0.3) is 0 Å². The van der Waals surface area contributed by atoms with Gasteiger partial charge in [0.2, 0.25) is 11.8 Å². The average Bonchev–Trinajstić information content (AvgIpc) is 3.09. The fourth-order valence-electron chi connectivity index (χ4n) is 5.22. The molecule has 2 aliphatic carbocycles. The Labute approximate surface area is 182 Å². The molecule has 2 aromatic rings. The number of nitrogens with one attached hydrogen (secondary N) is 1. The van der Waals surface area contributed by atoms with Crippen molar-refractivity contribution in [1.82, 2.24) is 15.1 Å². The standard InChI is InChI=1S/C21H22ClF3N4O2/c1-11-27-28-18(31-11)20-9-13(21(23,24)25)7-15(10-20)29(20)19(30)26-14-5-6-17(22)16(8-14)12-3-2-4-12/h5-6,8,12-13,15H,2-4,7,9-10H2,1H3,(H,26,30)/t13-,15-,20+/m1/s1. The van der Waals surface area contributed by atoms with Crippen LogP contribution in [0.2, 0.25) is 5.02 Å². The van der Waals surface area contributed by atoms with Gasteiger partial charge in [-0.1, -0.05) is 18.0 Å². The number of amides is 2. The number of hydrogen-bond donors (Lipinski definition) is 1. The van der Waals surface area contributed by atoms with Crippen molar-refractivity contribution < 1.29 is 22.4 Å². The quantitative estimate of drug-likeness (QED) is 0.638. The SMILES string of the molecule is Cc1nnc([C@@]23C[C@@H](C[C@@H](C(F)(F)F)C2)N3C(=O)Nc2ccc(Cl)c(C3CCC3)c2)o1. The fraction of sp³-hybridized carbons (Fsp3) is 0.571. The maximum absolute atomic E-state index is 13.5. The Balaban J connectivity index is 1.42. The maximum Gasteiger partial charge on any atom is 0.392 e. The van der Waals surface area contributed by atoms with Gasteiger partial charge in [0.15, 0.2) is 0 Å². The van der Waals surface area contributed by atoms with Crippen LogP contribution < -0.4 is 5.32 Å². The van der Waals surface area contributed by atoms with E-state index in [0.717, 1.165) is 24.8 Å². The van der Waals surface area contributed by atoms with Crippen LogP contribution in [0.25, 0.3) is 0 Å². The molecule has 3 fully saturated rings. The Bertz CT molecular complexity index is 1020. The number of aromatic nitrogens is 2. The number of piperidine rings is 1. The Kier molecular flexibility index (Phi) is 4.73. The Morgan fingerprint density at radius 2 is 2.06 bits per heavy atom. The van der Waals surface area contributed by atoms with Crippen LogP contribution in [0.3, 0.4) is 0 Å². The normalized spacial score (nSPS) is 28.1. The van der Waals surface area contributed by atoms with Crippen LogP contribution in [0.1, 0.15) is 61.8 Å². The second kappa shape index (κ2) is 7.12. The van der Waals surface area contributed by atoms with Crippen LogP contribution in [0.4, 0.5) is 23.7 Å². The Morgan fingerprint density at radius 1 is 1.29 bits per heavy atom. The minimum Gasteiger partial charge on any atom is -0.423 e. The number of carbonyl (C=O) groups is 1. The number of halogens is 4. The molecule has 0 radical (unpaired) electrons. The molecule has 6 nitrogen and oxygen atoms in total. The van der Waals surface area contributed by atoms with Crippen molar-refractivity contribution in [2.24, 2.45) is 5.92 Å². The van der Waals surface area contributed by atoms with Crippen molar-refractivity contribution in [3.8, 4) is 0 Å². The van der Waals surface area contributed by atoms with Crippen LogP contribution in [0, 0.1) is 12.8 Å². The van der Waals surface area contributed by atoms with E-state index in [1.165, 1.54) is 4.90 Å². The largest absolute Gasteiger partial charge is 0.423 e. The number of carbonyl (C=O) groups excluding carboxylic acids is 1. The highest BCUT2D eigenvalue weighted by atomic mass is 35.5. The summed E-state index contributed by atoms with van der Waals surface area (Å²) in [5, 5.41) is 11.3. The second-order valence-corrected chi connectivity index (χ2v) is 9.27. The van der Waals surface area contributed by atoms with Crippen LogP contribution in [-0.4, -0.2) is 33.3 Å². The van der Waals surface area contributed by atoms with Gasteiger partial charge in [-0.15, -0.1) is 10.2 Å².